The van der Waals surface area contributed by atoms with Gasteiger partial charge in [-0.2, -0.15) is 0 Å². The van der Waals surface area contributed by atoms with Crippen molar-refractivity contribution in [1.29, 1.82) is 0 Å². The van der Waals surface area contributed by atoms with Gasteiger partial charge in [0.15, 0.2) is 0 Å². The second-order valence-electron chi connectivity index (χ2n) is 13.0. The average Bonchev–Trinajstić information content (AvgIpc) is 3.46. The van der Waals surface area contributed by atoms with Crippen LogP contribution in [0.1, 0.15) is 82.0 Å². The summed E-state index contributed by atoms with van der Waals surface area (Å²) in [5.74, 6) is 1.45. The average molecular weight is 627 g/mol. The Balaban J connectivity index is 0.000000152. The second-order valence-corrected chi connectivity index (χ2v) is 13.0. The first-order valence-corrected chi connectivity index (χ1v) is 17.2. The number of phenolic OH excluding ortho intramolecular Hbond substituents is 2. The lowest BCUT2D eigenvalue weighted by Gasteiger charge is -2.28. The van der Waals surface area contributed by atoms with Gasteiger partial charge < -0.3 is 10.2 Å². The van der Waals surface area contributed by atoms with Crippen molar-refractivity contribution in [3.63, 3.8) is 0 Å². The summed E-state index contributed by atoms with van der Waals surface area (Å²) in [6.07, 6.45) is 6.87. The minimum atomic E-state index is 0.308. The molecule has 0 amide bonds. The molecule has 2 aliphatic rings. The molecule has 2 nitrogen and oxygen atoms in total. The van der Waals surface area contributed by atoms with E-state index in [2.05, 4.69) is 121 Å². The van der Waals surface area contributed by atoms with E-state index in [-0.39, 0.29) is 0 Å². The summed E-state index contributed by atoms with van der Waals surface area (Å²) in [5.41, 5.74) is 13.5. The van der Waals surface area contributed by atoms with Crippen LogP contribution in [0, 0.1) is 0 Å². The van der Waals surface area contributed by atoms with Crippen LogP contribution < -0.4 is 0 Å². The summed E-state index contributed by atoms with van der Waals surface area (Å²) in [4.78, 5) is 0. The molecule has 0 spiro atoms. The first-order chi connectivity index (χ1) is 23.7. The smallest absolute Gasteiger partial charge is 0.115 e. The molecule has 0 fully saturated rings. The molecule has 0 radical (unpaired) electrons. The van der Waals surface area contributed by atoms with Crippen molar-refractivity contribution in [2.45, 2.75) is 50.4 Å². The SMILES string of the molecule is Oc1ccc(C2=C(c3ccccc3)CCCc3ccccc32)cc1.Oc1ccc(C2c3ccccc3CCCC2c2ccccc2)cc1. The summed E-state index contributed by atoms with van der Waals surface area (Å²) >= 11 is 0. The van der Waals surface area contributed by atoms with Crippen LogP contribution in [-0.2, 0) is 12.8 Å². The molecule has 2 atom stereocenters. The zero-order valence-corrected chi connectivity index (χ0v) is 27.3. The monoisotopic (exact) mass is 626 g/mol. The molecule has 8 rings (SSSR count). The maximum atomic E-state index is 9.69. The van der Waals surface area contributed by atoms with Crippen LogP contribution in [0.5, 0.6) is 11.5 Å². The Morgan fingerprint density at radius 3 is 1.75 bits per heavy atom. The quantitative estimate of drug-likeness (QED) is 0.191. The standard InChI is InChI=1S/C23H22O.C23H20O/c2*24-20-15-13-19(14-16-20)23-21-11-5-4-9-18(21)10-6-12-22(23)17-7-2-1-3-8-17/h1-5,7-9,11,13-16,22-24H,6,10,12H2;1-5,7-9,11,13-16,24H,6,10,12H2. The van der Waals surface area contributed by atoms with Gasteiger partial charge in [0.25, 0.3) is 0 Å². The van der Waals surface area contributed by atoms with E-state index in [0.717, 1.165) is 25.7 Å². The van der Waals surface area contributed by atoms with Crippen molar-refractivity contribution in [3.05, 3.63) is 202 Å². The third-order valence-electron chi connectivity index (χ3n) is 9.97. The number of aryl methyl sites for hydroxylation is 2. The molecule has 0 heterocycles. The Morgan fingerprint density at radius 2 is 1.02 bits per heavy atom. The number of benzene rings is 6. The highest BCUT2D eigenvalue weighted by atomic mass is 16.3. The minimum Gasteiger partial charge on any atom is -0.508 e. The number of phenols is 2. The van der Waals surface area contributed by atoms with Crippen molar-refractivity contribution >= 4 is 11.1 Å². The van der Waals surface area contributed by atoms with Gasteiger partial charge in [0.1, 0.15) is 11.5 Å². The molecule has 2 heteroatoms. The van der Waals surface area contributed by atoms with Crippen LogP contribution in [0.2, 0.25) is 0 Å². The molecule has 0 aliphatic heterocycles. The Labute approximate surface area is 284 Å². The molecule has 0 saturated heterocycles. The Kier molecular flexibility index (Phi) is 9.52. The largest absolute Gasteiger partial charge is 0.508 e. The van der Waals surface area contributed by atoms with Crippen LogP contribution in [-0.4, -0.2) is 10.2 Å². The predicted octanol–water partition coefficient (Wildman–Crippen LogP) is 11.3. The van der Waals surface area contributed by atoms with Gasteiger partial charge in [-0.15, -0.1) is 0 Å². The number of allylic oxidation sites excluding steroid dienone is 1. The van der Waals surface area contributed by atoms with Gasteiger partial charge in [-0.05, 0) is 124 Å². The number of rotatable bonds is 4. The molecule has 6 aromatic carbocycles. The van der Waals surface area contributed by atoms with E-state index in [1.807, 2.05) is 24.3 Å². The van der Waals surface area contributed by atoms with Gasteiger partial charge in [0.2, 0.25) is 0 Å². The fourth-order valence-corrected chi connectivity index (χ4v) is 7.73. The lowest BCUT2D eigenvalue weighted by atomic mass is 9.76. The van der Waals surface area contributed by atoms with Gasteiger partial charge in [0, 0.05) is 5.92 Å². The van der Waals surface area contributed by atoms with Gasteiger partial charge in [-0.3, -0.25) is 0 Å². The van der Waals surface area contributed by atoms with Crippen LogP contribution in [0.25, 0.3) is 11.1 Å². The number of hydrogen-bond acceptors (Lipinski definition) is 2. The highest BCUT2D eigenvalue weighted by Gasteiger charge is 2.30. The molecule has 0 aromatic heterocycles. The third-order valence-corrected chi connectivity index (χ3v) is 9.97. The van der Waals surface area contributed by atoms with Crippen molar-refractivity contribution in [2.24, 2.45) is 0 Å². The molecule has 0 saturated carbocycles. The lowest BCUT2D eigenvalue weighted by molar-refractivity contribution is 0.474. The first-order valence-electron chi connectivity index (χ1n) is 17.2. The van der Waals surface area contributed by atoms with E-state index in [9.17, 15) is 10.2 Å². The van der Waals surface area contributed by atoms with Gasteiger partial charge in [-0.1, -0.05) is 133 Å². The molecule has 48 heavy (non-hydrogen) atoms. The van der Waals surface area contributed by atoms with E-state index < -0.39 is 0 Å². The van der Waals surface area contributed by atoms with Gasteiger partial charge in [-0.25, -0.2) is 0 Å². The lowest BCUT2D eigenvalue weighted by Crippen LogP contribution is -2.12. The molecule has 238 valence electrons. The molecular weight excluding hydrogens is 585 g/mol. The summed E-state index contributed by atoms with van der Waals surface area (Å²) in [5, 5.41) is 19.4. The van der Waals surface area contributed by atoms with E-state index >= 15 is 0 Å². The predicted molar refractivity (Wildman–Crippen MR) is 198 cm³/mol. The van der Waals surface area contributed by atoms with Crippen LogP contribution >= 0.6 is 0 Å². The highest BCUT2D eigenvalue weighted by Crippen LogP contribution is 2.45. The summed E-state index contributed by atoms with van der Waals surface area (Å²) < 4.78 is 0. The molecule has 2 N–H and O–H groups in total. The first kappa shape index (κ1) is 31.3. The van der Waals surface area contributed by atoms with Crippen molar-refractivity contribution in [1.82, 2.24) is 0 Å². The van der Waals surface area contributed by atoms with Gasteiger partial charge in [0.05, 0.1) is 0 Å². The molecule has 6 aromatic rings. The van der Waals surface area contributed by atoms with Crippen molar-refractivity contribution in [2.75, 3.05) is 0 Å². The van der Waals surface area contributed by atoms with Gasteiger partial charge >= 0.3 is 0 Å². The van der Waals surface area contributed by atoms with E-state index in [1.54, 1.807) is 12.1 Å². The Bertz CT molecular complexity index is 1970. The van der Waals surface area contributed by atoms with Crippen molar-refractivity contribution < 1.29 is 10.2 Å². The molecule has 2 aliphatic carbocycles. The van der Waals surface area contributed by atoms with Crippen LogP contribution in [0.4, 0.5) is 0 Å². The number of aromatic hydroxyl groups is 2. The zero-order chi connectivity index (χ0) is 32.7. The highest BCUT2D eigenvalue weighted by molar-refractivity contribution is 5.99. The summed E-state index contributed by atoms with van der Waals surface area (Å²) in [6, 6.07) is 54.5. The molecule has 0 bridgehead atoms. The maximum Gasteiger partial charge on any atom is 0.115 e. The van der Waals surface area contributed by atoms with Crippen LogP contribution in [0.3, 0.4) is 0 Å². The fourth-order valence-electron chi connectivity index (χ4n) is 7.73. The zero-order valence-electron chi connectivity index (χ0n) is 27.3. The van der Waals surface area contributed by atoms with E-state index in [1.165, 1.54) is 68.5 Å². The number of hydrogen-bond donors (Lipinski definition) is 2. The summed E-state index contributed by atoms with van der Waals surface area (Å²) in [6.45, 7) is 0. The maximum absolute atomic E-state index is 9.69. The van der Waals surface area contributed by atoms with E-state index in [4.69, 9.17) is 0 Å². The topological polar surface area (TPSA) is 40.5 Å². The normalized spacial score (nSPS) is 17.2. The Morgan fingerprint density at radius 1 is 0.438 bits per heavy atom. The molecular formula is C46H42O2. The molecule has 2 unspecified atom stereocenters. The van der Waals surface area contributed by atoms with Crippen molar-refractivity contribution in [3.8, 4) is 11.5 Å². The van der Waals surface area contributed by atoms with E-state index in [0.29, 0.717) is 23.3 Å². The second kappa shape index (κ2) is 14.6. The third kappa shape index (κ3) is 6.85. The fraction of sp³-hybridized carbons (Fsp3) is 0.174. The Hall–Kier alpha value is -5.34. The summed E-state index contributed by atoms with van der Waals surface area (Å²) in [7, 11) is 0. The van der Waals surface area contributed by atoms with Crippen LogP contribution in [0.15, 0.2) is 158 Å². The minimum absolute atomic E-state index is 0.308. The number of fused-ring (bicyclic) bond motifs is 2.